The number of likely N-dealkylation sites (N-methyl/N-ethyl adjacent to an activating group) is 1. The number of hydrogen-bond acceptors (Lipinski definition) is 3. The van der Waals surface area contributed by atoms with E-state index in [1.165, 1.54) is 0 Å². The molecule has 4 heteroatoms. The van der Waals surface area contributed by atoms with Gasteiger partial charge in [0.15, 0.2) is 0 Å². The molecule has 0 saturated carbocycles. The minimum absolute atomic E-state index is 0.433. The molecule has 0 aliphatic carbocycles. The number of furan rings is 1. The fourth-order valence-corrected chi connectivity index (χ4v) is 2.48. The Bertz CT molecular complexity index is 318. The molecule has 3 nitrogen and oxygen atoms in total. The highest BCUT2D eigenvalue weighted by molar-refractivity contribution is 9.10. The molecule has 1 N–H and O–H groups in total. The van der Waals surface area contributed by atoms with Crippen LogP contribution in [0.5, 0.6) is 0 Å². The monoisotopic (exact) mass is 273 g/mol. The van der Waals surface area contributed by atoms with Gasteiger partial charge < -0.3 is 14.5 Å². The Morgan fingerprint density at radius 1 is 1.60 bits per heavy atom. The van der Waals surface area contributed by atoms with Crippen molar-refractivity contribution in [1.82, 2.24) is 5.32 Å². The second kappa shape index (κ2) is 5.14. The van der Waals surface area contributed by atoms with Crippen LogP contribution in [0.15, 0.2) is 15.0 Å². The van der Waals surface area contributed by atoms with Gasteiger partial charge in [0.2, 0.25) is 0 Å². The summed E-state index contributed by atoms with van der Waals surface area (Å²) in [6.07, 6.45) is 2.00. The fraction of sp³-hybridized carbons (Fsp3) is 0.636. The molecule has 0 aromatic carbocycles. The number of rotatable bonds is 4. The van der Waals surface area contributed by atoms with Gasteiger partial charge in [-0.2, -0.15) is 0 Å². The molecule has 1 atom stereocenters. The lowest BCUT2D eigenvalue weighted by atomic mass is 10.1. The van der Waals surface area contributed by atoms with Crippen LogP contribution in [0.1, 0.15) is 23.9 Å². The van der Waals surface area contributed by atoms with Crippen LogP contribution in [0, 0.1) is 0 Å². The minimum atomic E-state index is 0.433. The van der Waals surface area contributed by atoms with E-state index in [9.17, 15) is 0 Å². The summed E-state index contributed by atoms with van der Waals surface area (Å²) in [4.78, 5) is 0. The van der Waals surface area contributed by atoms with Gasteiger partial charge in [0.25, 0.3) is 0 Å². The first-order valence-corrected chi connectivity index (χ1v) is 6.11. The van der Waals surface area contributed by atoms with Crippen molar-refractivity contribution in [2.75, 3.05) is 26.8 Å². The van der Waals surface area contributed by atoms with Crippen LogP contribution in [-0.2, 0) is 11.2 Å². The molecule has 2 rings (SSSR count). The van der Waals surface area contributed by atoms with E-state index in [0.717, 1.165) is 48.6 Å². The molecule has 1 saturated heterocycles. The van der Waals surface area contributed by atoms with Crippen molar-refractivity contribution in [2.45, 2.75) is 18.8 Å². The summed E-state index contributed by atoms with van der Waals surface area (Å²) < 4.78 is 12.3. The Labute approximate surface area is 98.3 Å². The third kappa shape index (κ3) is 2.62. The smallest absolute Gasteiger partial charge is 0.123 e. The average Bonchev–Trinajstić information content (AvgIpc) is 2.83. The van der Waals surface area contributed by atoms with E-state index >= 15 is 0 Å². The van der Waals surface area contributed by atoms with Gasteiger partial charge in [0.05, 0.1) is 11.1 Å². The zero-order chi connectivity index (χ0) is 10.7. The first-order valence-electron chi connectivity index (χ1n) is 5.31. The normalized spacial score (nSPS) is 21.1. The molecule has 15 heavy (non-hydrogen) atoms. The van der Waals surface area contributed by atoms with Gasteiger partial charge in [0.1, 0.15) is 11.5 Å². The molecule has 2 heterocycles. The lowest BCUT2D eigenvalue weighted by molar-refractivity contribution is 0.191. The van der Waals surface area contributed by atoms with E-state index in [4.69, 9.17) is 9.15 Å². The molecule has 1 aliphatic heterocycles. The molecule has 84 valence electrons. The molecular weight excluding hydrogens is 258 g/mol. The predicted molar refractivity (Wildman–Crippen MR) is 62.2 cm³/mol. The van der Waals surface area contributed by atoms with E-state index in [2.05, 4.69) is 27.3 Å². The maximum absolute atomic E-state index is 5.83. The molecule has 0 bridgehead atoms. The summed E-state index contributed by atoms with van der Waals surface area (Å²) in [5.41, 5.74) is 0. The number of halogens is 1. The third-order valence-electron chi connectivity index (χ3n) is 2.69. The van der Waals surface area contributed by atoms with Gasteiger partial charge in [-0.05, 0) is 35.5 Å². The van der Waals surface area contributed by atoms with Gasteiger partial charge in [-0.1, -0.05) is 0 Å². The summed E-state index contributed by atoms with van der Waals surface area (Å²) in [5, 5.41) is 3.11. The Hall–Kier alpha value is -0.320. The van der Waals surface area contributed by atoms with Gasteiger partial charge >= 0.3 is 0 Å². The van der Waals surface area contributed by atoms with Crippen molar-refractivity contribution in [2.24, 2.45) is 0 Å². The zero-order valence-corrected chi connectivity index (χ0v) is 10.5. The van der Waals surface area contributed by atoms with Crippen molar-refractivity contribution in [1.29, 1.82) is 0 Å². The van der Waals surface area contributed by atoms with E-state index in [-0.39, 0.29) is 0 Å². The molecule has 1 aromatic heterocycles. The highest BCUT2D eigenvalue weighted by atomic mass is 79.9. The van der Waals surface area contributed by atoms with E-state index < -0.39 is 0 Å². The molecule has 0 spiro atoms. The van der Waals surface area contributed by atoms with Crippen LogP contribution in [0.2, 0.25) is 0 Å². The van der Waals surface area contributed by atoms with Crippen LogP contribution in [0.25, 0.3) is 0 Å². The quantitative estimate of drug-likeness (QED) is 0.914. The lowest BCUT2D eigenvalue weighted by Gasteiger charge is -2.03. The maximum Gasteiger partial charge on any atom is 0.123 e. The van der Waals surface area contributed by atoms with Gasteiger partial charge in [0, 0.05) is 25.5 Å². The summed E-state index contributed by atoms with van der Waals surface area (Å²) in [5.74, 6) is 2.53. The minimum Gasteiger partial charge on any atom is -0.464 e. The Morgan fingerprint density at radius 3 is 3.13 bits per heavy atom. The Morgan fingerprint density at radius 2 is 2.47 bits per heavy atom. The van der Waals surface area contributed by atoms with Crippen molar-refractivity contribution < 1.29 is 9.15 Å². The van der Waals surface area contributed by atoms with Gasteiger partial charge in [-0.25, -0.2) is 0 Å². The summed E-state index contributed by atoms with van der Waals surface area (Å²) in [6.45, 7) is 2.59. The van der Waals surface area contributed by atoms with Gasteiger partial charge in [-0.15, -0.1) is 0 Å². The second-order valence-electron chi connectivity index (χ2n) is 3.84. The summed E-state index contributed by atoms with van der Waals surface area (Å²) >= 11 is 3.55. The Balaban J connectivity index is 2.06. The Kier molecular flexibility index (Phi) is 3.83. The third-order valence-corrected chi connectivity index (χ3v) is 3.31. The summed E-state index contributed by atoms with van der Waals surface area (Å²) in [6, 6.07) is 2.07. The average molecular weight is 274 g/mol. The molecule has 1 aliphatic rings. The van der Waals surface area contributed by atoms with Gasteiger partial charge in [-0.3, -0.25) is 0 Å². The second-order valence-corrected chi connectivity index (χ2v) is 4.69. The molecular formula is C11H16BrNO2. The summed E-state index contributed by atoms with van der Waals surface area (Å²) in [7, 11) is 1.95. The topological polar surface area (TPSA) is 34.4 Å². The van der Waals surface area contributed by atoms with Crippen LogP contribution in [0.4, 0.5) is 0 Å². The molecule has 1 unspecified atom stereocenters. The van der Waals surface area contributed by atoms with Crippen molar-refractivity contribution in [3.8, 4) is 0 Å². The highest BCUT2D eigenvalue weighted by Crippen LogP contribution is 2.33. The van der Waals surface area contributed by atoms with Crippen LogP contribution >= 0.6 is 15.9 Å². The molecule has 1 fully saturated rings. The van der Waals surface area contributed by atoms with Crippen molar-refractivity contribution in [3.05, 3.63) is 22.1 Å². The number of nitrogens with one attached hydrogen (secondary N) is 1. The van der Waals surface area contributed by atoms with Crippen molar-refractivity contribution >= 4 is 15.9 Å². The lowest BCUT2D eigenvalue weighted by Crippen LogP contribution is -2.09. The van der Waals surface area contributed by atoms with E-state index in [0.29, 0.717) is 5.92 Å². The van der Waals surface area contributed by atoms with E-state index in [1.54, 1.807) is 0 Å². The number of ether oxygens (including phenoxy) is 1. The van der Waals surface area contributed by atoms with Crippen LogP contribution in [-0.4, -0.2) is 26.8 Å². The fourth-order valence-electron chi connectivity index (χ4n) is 1.82. The molecule has 0 amide bonds. The predicted octanol–water partition coefficient (Wildman–Crippen LogP) is 2.31. The molecule has 0 radical (unpaired) electrons. The van der Waals surface area contributed by atoms with Crippen LogP contribution in [0.3, 0.4) is 0 Å². The SMILES string of the molecule is CNCCc1cc(Br)c(C2CCOC2)o1. The van der Waals surface area contributed by atoms with Crippen LogP contribution < -0.4 is 5.32 Å². The maximum atomic E-state index is 5.83. The highest BCUT2D eigenvalue weighted by Gasteiger charge is 2.24. The molecule has 1 aromatic rings. The zero-order valence-electron chi connectivity index (χ0n) is 8.88. The first-order chi connectivity index (χ1) is 7.31. The van der Waals surface area contributed by atoms with Crippen molar-refractivity contribution in [3.63, 3.8) is 0 Å². The largest absolute Gasteiger partial charge is 0.464 e. The first kappa shape index (κ1) is 11.2. The van der Waals surface area contributed by atoms with E-state index in [1.807, 2.05) is 7.05 Å². The standard InChI is InChI=1S/C11H16BrNO2/c1-13-4-2-9-6-10(12)11(15-9)8-3-5-14-7-8/h6,8,13H,2-5,7H2,1H3. The number of hydrogen-bond donors (Lipinski definition) is 1.